The second kappa shape index (κ2) is 5.82. The van der Waals surface area contributed by atoms with Crippen LogP contribution in [0.2, 0.25) is 0 Å². The van der Waals surface area contributed by atoms with Gasteiger partial charge in [0.2, 0.25) is 5.91 Å². The van der Waals surface area contributed by atoms with E-state index in [2.05, 4.69) is 18.3 Å². The monoisotopic (exact) mass is 268 g/mol. The van der Waals surface area contributed by atoms with E-state index in [1.54, 1.807) is 11.3 Å². The first-order valence-electron chi connectivity index (χ1n) is 6.27. The lowest BCUT2D eigenvalue weighted by atomic mass is 9.79. The lowest BCUT2D eigenvalue weighted by Crippen LogP contribution is -2.48. The van der Waals surface area contributed by atoms with Gasteiger partial charge in [-0.05, 0) is 36.8 Å². The Morgan fingerprint density at radius 2 is 2.28 bits per heavy atom. The molecule has 1 amide bonds. The summed E-state index contributed by atoms with van der Waals surface area (Å²) in [5, 5.41) is 5.07. The summed E-state index contributed by atoms with van der Waals surface area (Å²) in [5.74, 6) is 0.0705. The topological polar surface area (TPSA) is 64.4 Å². The van der Waals surface area contributed by atoms with Crippen LogP contribution < -0.4 is 11.1 Å². The smallest absolute Gasteiger partial charge is 0.227 e. The van der Waals surface area contributed by atoms with Gasteiger partial charge in [0, 0.05) is 24.6 Å². The van der Waals surface area contributed by atoms with Crippen LogP contribution in [0, 0.1) is 12.3 Å². The van der Waals surface area contributed by atoms with Gasteiger partial charge < -0.3 is 15.8 Å². The average Bonchev–Trinajstić information content (AvgIpc) is 2.82. The largest absolute Gasteiger partial charge is 0.381 e. The van der Waals surface area contributed by atoms with Crippen molar-refractivity contribution in [1.82, 2.24) is 5.32 Å². The molecule has 0 unspecified atom stereocenters. The van der Waals surface area contributed by atoms with Crippen molar-refractivity contribution in [3.8, 4) is 0 Å². The molecular weight excluding hydrogens is 248 g/mol. The molecular formula is C13H20N2O2S. The fourth-order valence-corrected chi connectivity index (χ4v) is 3.07. The van der Waals surface area contributed by atoms with E-state index in [0.29, 0.717) is 26.3 Å². The molecule has 2 rings (SSSR count). The number of nitrogens with two attached hydrogens (primary N) is 1. The van der Waals surface area contributed by atoms with Crippen molar-refractivity contribution in [2.45, 2.75) is 26.3 Å². The molecule has 1 aromatic heterocycles. The van der Waals surface area contributed by atoms with Crippen LogP contribution in [0.3, 0.4) is 0 Å². The standard InChI is InChI=1S/C13H20N2O2S/c1-10-2-7-18-11(10)8-15-12(16)13(9-14)3-5-17-6-4-13/h2,7H,3-6,8-9,14H2,1H3,(H,15,16). The maximum Gasteiger partial charge on any atom is 0.227 e. The van der Waals surface area contributed by atoms with Crippen molar-refractivity contribution in [2.24, 2.45) is 11.1 Å². The van der Waals surface area contributed by atoms with Gasteiger partial charge in [-0.3, -0.25) is 4.79 Å². The lowest BCUT2D eigenvalue weighted by molar-refractivity contribution is -0.136. The number of aryl methyl sites for hydroxylation is 1. The molecule has 0 atom stereocenters. The zero-order chi connectivity index (χ0) is 13.0. The molecule has 100 valence electrons. The van der Waals surface area contributed by atoms with Crippen LogP contribution in [0.1, 0.15) is 23.3 Å². The quantitative estimate of drug-likeness (QED) is 0.868. The molecule has 0 bridgehead atoms. The summed E-state index contributed by atoms with van der Waals surface area (Å²) in [7, 11) is 0. The second-order valence-corrected chi connectivity index (χ2v) is 5.81. The second-order valence-electron chi connectivity index (χ2n) is 4.81. The molecule has 3 N–H and O–H groups in total. The summed E-state index contributed by atoms with van der Waals surface area (Å²) < 4.78 is 5.31. The Balaban J connectivity index is 1.96. The molecule has 1 saturated heterocycles. The van der Waals surface area contributed by atoms with Crippen molar-refractivity contribution < 1.29 is 9.53 Å². The van der Waals surface area contributed by atoms with Crippen molar-refractivity contribution in [2.75, 3.05) is 19.8 Å². The summed E-state index contributed by atoms with van der Waals surface area (Å²) >= 11 is 1.67. The normalized spacial score (nSPS) is 18.6. The zero-order valence-electron chi connectivity index (χ0n) is 10.7. The Bertz CT molecular complexity index is 411. The first-order chi connectivity index (χ1) is 8.68. The van der Waals surface area contributed by atoms with Crippen LogP contribution in [0.5, 0.6) is 0 Å². The Hall–Kier alpha value is -0.910. The van der Waals surface area contributed by atoms with Gasteiger partial charge in [-0.2, -0.15) is 0 Å². The highest BCUT2D eigenvalue weighted by Gasteiger charge is 2.38. The maximum atomic E-state index is 12.3. The molecule has 0 aromatic carbocycles. The summed E-state index contributed by atoms with van der Waals surface area (Å²) in [6, 6.07) is 2.07. The van der Waals surface area contributed by atoms with Gasteiger partial charge in [0.1, 0.15) is 0 Å². The van der Waals surface area contributed by atoms with Crippen LogP contribution in [-0.2, 0) is 16.1 Å². The van der Waals surface area contributed by atoms with E-state index >= 15 is 0 Å². The van der Waals surface area contributed by atoms with Crippen molar-refractivity contribution in [1.29, 1.82) is 0 Å². The van der Waals surface area contributed by atoms with Gasteiger partial charge in [-0.1, -0.05) is 0 Å². The minimum atomic E-state index is -0.427. The van der Waals surface area contributed by atoms with Crippen LogP contribution in [0.15, 0.2) is 11.4 Å². The number of hydrogen-bond acceptors (Lipinski definition) is 4. The fraction of sp³-hybridized carbons (Fsp3) is 0.615. The van der Waals surface area contributed by atoms with E-state index in [1.807, 2.05) is 5.38 Å². The molecule has 1 aromatic rings. The number of carbonyl (C=O) groups is 1. The molecule has 5 heteroatoms. The van der Waals surface area contributed by atoms with E-state index in [9.17, 15) is 4.79 Å². The Kier molecular flexibility index (Phi) is 4.37. The van der Waals surface area contributed by atoms with Gasteiger partial charge in [0.25, 0.3) is 0 Å². The van der Waals surface area contributed by atoms with Gasteiger partial charge >= 0.3 is 0 Å². The third kappa shape index (κ3) is 2.74. The number of nitrogens with one attached hydrogen (secondary N) is 1. The van der Waals surface area contributed by atoms with E-state index in [-0.39, 0.29) is 5.91 Å². The van der Waals surface area contributed by atoms with Gasteiger partial charge in [-0.25, -0.2) is 0 Å². The number of thiophene rings is 1. The molecule has 2 heterocycles. The highest BCUT2D eigenvalue weighted by molar-refractivity contribution is 7.10. The van der Waals surface area contributed by atoms with E-state index in [1.165, 1.54) is 10.4 Å². The van der Waals surface area contributed by atoms with Gasteiger partial charge in [0.15, 0.2) is 0 Å². The highest BCUT2D eigenvalue weighted by atomic mass is 32.1. The van der Waals surface area contributed by atoms with Crippen LogP contribution in [-0.4, -0.2) is 25.7 Å². The molecule has 0 aliphatic carbocycles. The summed E-state index contributed by atoms with van der Waals surface area (Å²) in [5.41, 5.74) is 6.61. The minimum Gasteiger partial charge on any atom is -0.381 e. The minimum absolute atomic E-state index is 0.0705. The molecule has 0 spiro atoms. The molecule has 0 saturated carbocycles. The maximum absolute atomic E-state index is 12.3. The summed E-state index contributed by atoms with van der Waals surface area (Å²) in [6.45, 7) is 4.31. The number of hydrogen-bond donors (Lipinski definition) is 2. The van der Waals surface area contributed by atoms with E-state index in [4.69, 9.17) is 10.5 Å². The van der Waals surface area contributed by atoms with Gasteiger partial charge in [-0.15, -0.1) is 11.3 Å². The first-order valence-corrected chi connectivity index (χ1v) is 7.15. The number of rotatable bonds is 4. The Morgan fingerprint density at radius 3 is 2.83 bits per heavy atom. The molecule has 1 fully saturated rings. The third-order valence-electron chi connectivity index (χ3n) is 3.70. The molecule has 1 aliphatic rings. The first kappa shape index (κ1) is 13.5. The number of carbonyl (C=O) groups excluding carboxylic acids is 1. The SMILES string of the molecule is Cc1ccsc1CNC(=O)C1(CN)CCOCC1. The van der Waals surface area contributed by atoms with Crippen molar-refractivity contribution >= 4 is 17.2 Å². The predicted molar refractivity (Wildman–Crippen MR) is 72.4 cm³/mol. The van der Waals surface area contributed by atoms with Crippen LogP contribution >= 0.6 is 11.3 Å². The Labute approximate surface area is 112 Å². The van der Waals surface area contributed by atoms with E-state index < -0.39 is 5.41 Å². The molecule has 0 radical (unpaired) electrons. The van der Waals surface area contributed by atoms with Crippen molar-refractivity contribution in [3.05, 3.63) is 21.9 Å². The summed E-state index contributed by atoms with van der Waals surface area (Å²) in [4.78, 5) is 13.5. The summed E-state index contributed by atoms with van der Waals surface area (Å²) in [6.07, 6.45) is 1.44. The average molecular weight is 268 g/mol. The Morgan fingerprint density at radius 1 is 1.56 bits per heavy atom. The van der Waals surface area contributed by atoms with Crippen molar-refractivity contribution in [3.63, 3.8) is 0 Å². The highest BCUT2D eigenvalue weighted by Crippen LogP contribution is 2.29. The lowest BCUT2D eigenvalue weighted by Gasteiger charge is -2.34. The molecule has 4 nitrogen and oxygen atoms in total. The fourth-order valence-electron chi connectivity index (χ4n) is 2.22. The van der Waals surface area contributed by atoms with E-state index in [0.717, 1.165) is 12.8 Å². The number of ether oxygens (including phenoxy) is 1. The van der Waals surface area contributed by atoms with Crippen LogP contribution in [0.4, 0.5) is 0 Å². The third-order valence-corrected chi connectivity index (χ3v) is 4.72. The van der Waals surface area contributed by atoms with Gasteiger partial charge in [0.05, 0.1) is 12.0 Å². The number of amides is 1. The zero-order valence-corrected chi connectivity index (χ0v) is 11.5. The predicted octanol–water partition coefficient (Wildman–Crippen LogP) is 1.43. The van der Waals surface area contributed by atoms with Crippen LogP contribution in [0.25, 0.3) is 0 Å². The molecule has 18 heavy (non-hydrogen) atoms. The molecule has 1 aliphatic heterocycles.